The molecule has 0 aromatic heterocycles. The zero-order chi connectivity index (χ0) is 11.6. The van der Waals surface area contributed by atoms with Crippen molar-refractivity contribution in [3.05, 3.63) is 35.9 Å². The molecule has 2 aliphatic rings. The van der Waals surface area contributed by atoms with Gasteiger partial charge in [-0.05, 0) is 5.56 Å². The van der Waals surface area contributed by atoms with Gasteiger partial charge in [0.25, 0.3) is 0 Å². The second-order valence-corrected chi connectivity index (χ2v) is 4.63. The second kappa shape index (κ2) is 4.74. The molecule has 1 atom stereocenters. The molecule has 1 aromatic carbocycles. The van der Waals surface area contributed by atoms with E-state index in [2.05, 4.69) is 45.9 Å². The molecule has 2 saturated heterocycles. The maximum absolute atomic E-state index is 5.72. The Hall–Kier alpha value is -0.940. The Kier molecular flexibility index (Phi) is 3.11. The topological polar surface area (TPSA) is 36.5 Å². The average molecular weight is 233 g/mol. The minimum absolute atomic E-state index is 0.150. The first kappa shape index (κ1) is 11.2. The summed E-state index contributed by atoms with van der Waals surface area (Å²) >= 11 is 0. The number of hydrogen-bond acceptors (Lipinski definition) is 4. The lowest BCUT2D eigenvalue weighted by molar-refractivity contribution is -0.0584. The standard InChI is InChI=1S/C13H19N3O/c1-2-4-12(5-3-1)13(10-17-9-7-15-13)16-8-6-14-11-16/h1-5,14-15H,6-11H2. The third-order valence-electron chi connectivity index (χ3n) is 3.63. The molecule has 0 amide bonds. The molecule has 0 saturated carbocycles. The number of nitrogens with one attached hydrogen (secondary N) is 2. The molecular formula is C13H19N3O. The van der Waals surface area contributed by atoms with Crippen LogP contribution in [0.5, 0.6) is 0 Å². The molecule has 2 N–H and O–H groups in total. The molecule has 92 valence electrons. The average Bonchev–Trinajstić information content (AvgIpc) is 2.95. The fourth-order valence-corrected chi connectivity index (χ4v) is 2.72. The van der Waals surface area contributed by atoms with Gasteiger partial charge in [-0.25, -0.2) is 0 Å². The van der Waals surface area contributed by atoms with E-state index in [1.807, 2.05) is 0 Å². The minimum Gasteiger partial charge on any atom is -0.376 e. The summed E-state index contributed by atoms with van der Waals surface area (Å²) in [7, 11) is 0. The van der Waals surface area contributed by atoms with E-state index in [9.17, 15) is 0 Å². The van der Waals surface area contributed by atoms with Crippen LogP contribution in [0.25, 0.3) is 0 Å². The molecule has 1 aromatic rings. The van der Waals surface area contributed by atoms with Crippen LogP contribution in [-0.2, 0) is 10.4 Å². The van der Waals surface area contributed by atoms with Crippen molar-refractivity contribution in [2.24, 2.45) is 0 Å². The predicted octanol–water partition coefficient (Wildman–Crippen LogP) is 0.322. The molecule has 4 heteroatoms. The molecule has 2 fully saturated rings. The largest absolute Gasteiger partial charge is 0.376 e. The first-order chi connectivity index (χ1) is 8.42. The summed E-state index contributed by atoms with van der Waals surface area (Å²) in [5.41, 5.74) is 1.15. The van der Waals surface area contributed by atoms with E-state index in [1.54, 1.807) is 0 Å². The van der Waals surface area contributed by atoms with Crippen LogP contribution in [0.15, 0.2) is 30.3 Å². The fourth-order valence-electron chi connectivity index (χ4n) is 2.72. The molecule has 3 rings (SSSR count). The van der Waals surface area contributed by atoms with E-state index >= 15 is 0 Å². The van der Waals surface area contributed by atoms with Gasteiger partial charge in [0.2, 0.25) is 0 Å². The Morgan fingerprint density at radius 2 is 2.06 bits per heavy atom. The summed E-state index contributed by atoms with van der Waals surface area (Å²) in [6.07, 6.45) is 0. The summed E-state index contributed by atoms with van der Waals surface area (Å²) in [6.45, 7) is 5.46. The molecule has 2 heterocycles. The van der Waals surface area contributed by atoms with Gasteiger partial charge in [-0.3, -0.25) is 10.2 Å². The summed E-state index contributed by atoms with van der Waals surface area (Å²) < 4.78 is 5.72. The van der Waals surface area contributed by atoms with Crippen LogP contribution in [0.1, 0.15) is 5.56 Å². The monoisotopic (exact) mass is 233 g/mol. The van der Waals surface area contributed by atoms with Crippen LogP contribution in [-0.4, -0.2) is 44.4 Å². The number of morpholine rings is 1. The normalized spacial score (nSPS) is 30.6. The smallest absolute Gasteiger partial charge is 0.123 e. The van der Waals surface area contributed by atoms with Crippen LogP contribution in [0.4, 0.5) is 0 Å². The van der Waals surface area contributed by atoms with E-state index in [4.69, 9.17) is 4.74 Å². The van der Waals surface area contributed by atoms with Gasteiger partial charge in [0.05, 0.1) is 19.9 Å². The molecule has 2 aliphatic heterocycles. The third kappa shape index (κ3) is 1.98. The number of benzene rings is 1. The van der Waals surface area contributed by atoms with Gasteiger partial charge in [0.15, 0.2) is 0 Å². The Morgan fingerprint density at radius 1 is 1.18 bits per heavy atom. The van der Waals surface area contributed by atoms with Gasteiger partial charge in [-0.2, -0.15) is 0 Å². The van der Waals surface area contributed by atoms with Crippen molar-refractivity contribution in [3.8, 4) is 0 Å². The quantitative estimate of drug-likeness (QED) is 0.771. The van der Waals surface area contributed by atoms with Gasteiger partial charge in [-0.1, -0.05) is 30.3 Å². The molecule has 0 aliphatic carbocycles. The molecular weight excluding hydrogens is 214 g/mol. The third-order valence-corrected chi connectivity index (χ3v) is 3.63. The molecule has 4 nitrogen and oxygen atoms in total. The van der Waals surface area contributed by atoms with Crippen molar-refractivity contribution in [2.45, 2.75) is 5.66 Å². The minimum atomic E-state index is -0.150. The van der Waals surface area contributed by atoms with Crippen LogP contribution in [0.3, 0.4) is 0 Å². The number of ether oxygens (including phenoxy) is 1. The number of hydrogen-bond donors (Lipinski definition) is 2. The molecule has 0 spiro atoms. The lowest BCUT2D eigenvalue weighted by Gasteiger charge is -2.45. The Labute approximate surface area is 102 Å². The van der Waals surface area contributed by atoms with Crippen LogP contribution < -0.4 is 10.6 Å². The van der Waals surface area contributed by atoms with Gasteiger partial charge in [0.1, 0.15) is 5.66 Å². The number of rotatable bonds is 2. The molecule has 0 radical (unpaired) electrons. The summed E-state index contributed by atoms with van der Waals surface area (Å²) in [5, 5.41) is 7.05. The number of nitrogens with zero attached hydrogens (tertiary/aromatic N) is 1. The Balaban J connectivity index is 1.95. The van der Waals surface area contributed by atoms with Crippen LogP contribution in [0, 0.1) is 0 Å². The molecule has 17 heavy (non-hydrogen) atoms. The van der Waals surface area contributed by atoms with Crippen molar-refractivity contribution < 1.29 is 4.74 Å². The van der Waals surface area contributed by atoms with E-state index in [0.717, 1.165) is 39.5 Å². The van der Waals surface area contributed by atoms with E-state index in [0.29, 0.717) is 0 Å². The van der Waals surface area contributed by atoms with Gasteiger partial charge >= 0.3 is 0 Å². The van der Waals surface area contributed by atoms with Crippen molar-refractivity contribution in [2.75, 3.05) is 39.5 Å². The van der Waals surface area contributed by atoms with Gasteiger partial charge in [0, 0.05) is 19.6 Å². The van der Waals surface area contributed by atoms with Gasteiger partial charge in [-0.15, -0.1) is 0 Å². The predicted molar refractivity (Wildman–Crippen MR) is 66.5 cm³/mol. The first-order valence-electron chi connectivity index (χ1n) is 6.26. The zero-order valence-corrected chi connectivity index (χ0v) is 9.98. The summed E-state index contributed by atoms with van der Waals surface area (Å²) in [5.74, 6) is 0. The highest BCUT2D eigenvalue weighted by Crippen LogP contribution is 2.28. The van der Waals surface area contributed by atoms with Crippen LogP contribution >= 0.6 is 0 Å². The van der Waals surface area contributed by atoms with E-state index in [1.165, 1.54) is 5.56 Å². The molecule has 0 bridgehead atoms. The summed E-state index contributed by atoms with van der Waals surface area (Å²) in [6, 6.07) is 10.6. The maximum Gasteiger partial charge on any atom is 0.123 e. The molecule has 1 unspecified atom stereocenters. The summed E-state index contributed by atoms with van der Waals surface area (Å²) in [4.78, 5) is 2.43. The van der Waals surface area contributed by atoms with Crippen molar-refractivity contribution in [1.29, 1.82) is 0 Å². The van der Waals surface area contributed by atoms with Crippen molar-refractivity contribution in [1.82, 2.24) is 15.5 Å². The maximum atomic E-state index is 5.72. The van der Waals surface area contributed by atoms with Crippen molar-refractivity contribution in [3.63, 3.8) is 0 Å². The van der Waals surface area contributed by atoms with E-state index in [-0.39, 0.29) is 5.66 Å². The highest BCUT2D eigenvalue weighted by molar-refractivity contribution is 5.25. The van der Waals surface area contributed by atoms with Crippen LogP contribution in [0.2, 0.25) is 0 Å². The lowest BCUT2D eigenvalue weighted by atomic mass is 9.97. The first-order valence-corrected chi connectivity index (χ1v) is 6.26. The zero-order valence-electron chi connectivity index (χ0n) is 9.98. The highest BCUT2D eigenvalue weighted by atomic mass is 16.5. The van der Waals surface area contributed by atoms with E-state index < -0.39 is 0 Å². The van der Waals surface area contributed by atoms with Crippen molar-refractivity contribution >= 4 is 0 Å². The highest BCUT2D eigenvalue weighted by Gasteiger charge is 2.41. The van der Waals surface area contributed by atoms with Gasteiger partial charge < -0.3 is 10.1 Å². The SMILES string of the molecule is c1ccc(C2(N3CCNC3)COCCN2)cc1. The second-order valence-electron chi connectivity index (χ2n) is 4.63. The Bertz CT molecular complexity index is 356. The lowest BCUT2D eigenvalue weighted by Crippen LogP contribution is -2.62. The Morgan fingerprint density at radius 3 is 2.71 bits per heavy atom. The fraction of sp³-hybridized carbons (Fsp3) is 0.538.